The lowest BCUT2D eigenvalue weighted by atomic mass is 9.99. The van der Waals surface area contributed by atoms with E-state index in [1.165, 1.54) is 50.5 Å². The average Bonchev–Trinajstić information content (AvgIpc) is 2.48. The third-order valence-electron chi connectivity index (χ3n) is 3.79. The predicted octanol–water partition coefficient (Wildman–Crippen LogP) is 5.10. The van der Waals surface area contributed by atoms with Crippen LogP contribution in [0, 0.1) is 0 Å². The number of nitrogens with one attached hydrogen (secondary N) is 1. The van der Waals surface area contributed by atoms with Gasteiger partial charge >= 0.3 is 0 Å². The van der Waals surface area contributed by atoms with Crippen LogP contribution in [0.15, 0.2) is 24.3 Å². The average molecular weight is 277 g/mol. The van der Waals surface area contributed by atoms with Crippen LogP contribution in [0.2, 0.25) is 0 Å². The van der Waals surface area contributed by atoms with Gasteiger partial charge in [-0.15, -0.1) is 0 Å². The van der Waals surface area contributed by atoms with E-state index < -0.39 is 0 Å². The van der Waals surface area contributed by atoms with Crippen LogP contribution in [0.1, 0.15) is 70.4 Å². The fourth-order valence-electron chi connectivity index (χ4n) is 2.64. The van der Waals surface area contributed by atoms with Crippen LogP contribution in [0.5, 0.6) is 5.75 Å². The fraction of sp³-hybridized carbons (Fsp3) is 0.667. The molecule has 0 saturated heterocycles. The Bertz CT molecular complexity index is 351. The summed E-state index contributed by atoms with van der Waals surface area (Å²) in [5, 5.41) is 3.44. The van der Waals surface area contributed by atoms with Crippen molar-refractivity contribution in [2.45, 2.75) is 64.8 Å². The zero-order valence-electron chi connectivity index (χ0n) is 13.5. The quantitative estimate of drug-likeness (QED) is 0.568. The van der Waals surface area contributed by atoms with Crippen molar-refractivity contribution in [3.63, 3.8) is 0 Å². The van der Waals surface area contributed by atoms with Gasteiger partial charge in [-0.25, -0.2) is 0 Å². The molecule has 0 fully saturated rings. The monoisotopic (exact) mass is 277 g/mol. The number of rotatable bonds is 11. The molecule has 0 aliphatic rings. The molecular formula is C18H31NO. The molecule has 1 N–H and O–H groups in total. The molecule has 0 aromatic heterocycles. The number of hydrogen-bond acceptors (Lipinski definition) is 2. The zero-order valence-corrected chi connectivity index (χ0v) is 13.5. The smallest absolute Gasteiger partial charge is 0.124 e. The lowest BCUT2D eigenvalue weighted by Gasteiger charge is -2.20. The van der Waals surface area contributed by atoms with E-state index in [1.54, 1.807) is 0 Å². The molecular weight excluding hydrogens is 246 g/mol. The second kappa shape index (κ2) is 10.7. The molecule has 0 aliphatic heterocycles. The molecule has 2 nitrogen and oxygen atoms in total. The maximum atomic E-state index is 5.74. The van der Waals surface area contributed by atoms with Crippen molar-refractivity contribution in [3.8, 4) is 5.75 Å². The van der Waals surface area contributed by atoms with Crippen molar-refractivity contribution in [1.29, 1.82) is 0 Å². The van der Waals surface area contributed by atoms with Crippen LogP contribution in [-0.4, -0.2) is 13.7 Å². The highest BCUT2D eigenvalue weighted by Gasteiger charge is 2.13. The van der Waals surface area contributed by atoms with E-state index in [0.29, 0.717) is 6.04 Å². The molecule has 0 aliphatic carbocycles. The number of ether oxygens (including phenoxy) is 1. The van der Waals surface area contributed by atoms with Crippen molar-refractivity contribution < 1.29 is 4.74 Å². The van der Waals surface area contributed by atoms with E-state index in [0.717, 1.165) is 12.4 Å². The zero-order chi connectivity index (χ0) is 14.6. The van der Waals surface area contributed by atoms with E-state index >= 15 is 0 Å². The van der Waals surface area contributed by atoms with Gasteiger partial charge in [0.25, 0.3) is 0 Å². The summed E-state index contributed by atoms with van der Waals surface area (Å²) < 4.78 is 5.74. The first-order chi connectivity index (χ1) is 9.83. The van der Waals surface area contributed by atoms with Crippen molar-refractivity contribution in [1.82, 2.24) is 5.32 Å². The normalized spacial score (nSPS) is 12.3. The highest BCUT2D eigenvalue weighted by atomic mass is 16.5. The van der Waals surface area contributed by atoms with Gasteiger partial charge in [0.2, 0.25) is 0 Å². The molecule has 0 heterocycles. The Balaban J connectivity index is 2.45. The van der Waals surface area contributed by atoms with E-state index in [9.17, 15) is 0 Å². The molecule has 0 amide bonds. The minimum Gasteiger partial charge on any atom is -0.494 e. The fourth-order valence-corrected chi connectivity index (χ4v) is 2.64. The van der Waals surface area contributed by atoms with Gasteiger partial charge in [-0.1, -0.05) is 63.6 Å². The Kier molecular flexibility index (Phi) is 9.14. The SMILES string of the molecule is CCCCCCCCC(NC)c1ccccc1OCC. The summed E-state index contributed by atoms with van der Waals surface area (Å²) in [6.07, 6.45) is 9.27. The molecule has 114 valence electrons. The third kappa shape index (κ3) is 5.96. The first-order valence-corrected chi connectivity index (χ1v) is 8.22. The van der Waals surface area contributed by atoms with Crippen LogP contribution in [0.3, 0.4) is 0 Å². The van der Waals surface area contributed by atoms with Crippen LogP contribution < -0.4 is 10.1 Å². The van der Waals surface area contributed by atoms with Crippen molar-refractivity contribution in [2.75, 3.05) is 13.7 Å². The minimum absolute atomic E-state index is 0.406. The minimum atomic E-state index is 0.406. The second-order valence-corrected chi connectivity index (χ2v) is 5.37. The van der Waals surface area contributed by atoms with E-state index in [-0.39, 0.29) is 0 Å². The summed E-state index contributed by atoms with van der Waals surface area (Å²) >= 11 is 0. The Morgan fingerprint density at radius 1 is 1.00 bits per heavy atom. The molecule has 1 atom stereocenters. The molecule has 1 unspecified atom stereocenters. The number of benzene rings is 1. The van der Waals surface area contributed by atoms with Gasteiger partial charge < -0.3 is 10.1 Å². The largest absolute Gasteiger partial charge is 0.494 e. The Labute approximate surface area is 124 Å². The van der Waals surface area contributed by atoms with E-state index in [2.05, 4.69) is 30.4 Å². The molecule has 20 heavy (non-hydrogen) atoms. The lowest BCUT2D eigenvalue weighted by molar-refractivity contribution is 0.330. The van der Waals surface area contributed by atoms with E-state index in [4.69, 9.17) is 4.74 Å². The molecule has 0 bridgehead atoms. The highest BCUT2D eigenvalue weighted by Crippen LogP contribution is 2.28. The van der Waals surface area contributed by atoms with Crippen molar-refractivity contribution in [3.05, 3.63) is 29.8 Å². The first kappa shape index (κ1) is 17.0. The summed E-state index contributed by atoms with van der Waals surface area (Å²) in [4.78, 5) is 0. The maximum Gasteiger partial charge on any atom is 0.124 e. The van der Waals surface area contributed by atoms with Gasteiger partial charge in [0.1, 0.15) is 5.75 Å². The number of para-hydroxylation sites is 1. The summed E-state index contributed by atoms with van der Waals surface area (Å²) in [6, 6.07) is 8.81. The first-order valence-electron chi connectivity index (χ1n) is 8.22. The Morgan fingerprint density at radius 2 is 1.70 bits per heavy atom. The van der Waals surface area contributed by atoms with E-state index in [1.807, 2.05) is 20.0 Å². The van der Waals surface area contributed by atoms with Crippen LogP contribution >= 0.6 is 0 Å². The molecule has 1 aromatic rings. The second-order valence-electron chi connectivity index (χ2n) is 5.37. The summed E-state index contributed by atoms with van der Waals surface area (Å²) in [5.41, 5.74) is 1.30. The van der Waals surface area contributed by atoms with Gasteiger partial charge in [0, 0.05) is 11.6 Å². The summed E-state index contributed by atoms with van der Waals surface area (Å²) in [7, 11) is 2.05. The predicted molar refractivity (Wildman–Crippen MR) is 87.4 cm³/mol. The lowest BCUT2D eigenvalue weighted by Crippen LogP contribution is -2.17. The standard InChI is InChI=1S/C18H31NO/c1-4-6-7-8-9-10-14-17(19-3)16-13-11-12-15-18(16)20-5-2/h11-13,15,17,19H,4-10,14H2,1-3H3. The van der Waals surface area contributed by atoms with Gasteiger partial charge in [-0.05, 0) is 26.5 Å². The molecule has 1 rings (SSSR count). The van der Waals surface area contributed by atoms with Crippen LogP contribution in [0.25, 0.3) is 0 Å². The van der Waals surface area contributed by atoms with Crippen molar-refractivity contribution in [2.24, 2.45) is 0 Å². The highest BCUT2D eigenvalue weighted by molar-refractivity contribution is 5.35. The topological polar surface area (TPSA) is 21.3 Å². The van der Waals surface area contributed by atoms with Crippen LogP contribution in [-0.2, 0) is 0 Å². The summed E-state index contributed by atoms with van der Waals surface area (Å²) in [6.45, 7) is 5.03. The van der Waals surface area contributed by atoms with Crippen molar-refractivity contribution >= 4 is 0 Å². The molecule has 0 radical (unpaired) electrons. The summed E-state index contributed by atoms with van der Waals surface area (Å²) in [5.74, 6) is 1.03. The van der Waals surface area contributed by atoms with Crippen LogP contribution in [0.4, 0.5) is 0 Å². The molecule has 1 aromatic carbocycles. The number of unbranched alkanes of at least 4 members (excludes halogenated alkanes) is 5. The third-order valence-corrected chi connectivity index (χ3v) is 3.79. The molecule has 2 heteroatoms. The van der Waals surface area contributed by atoms with Gasteiger partial charge in [0.05, 0.1) is 6.61 Å². The van der Waals surface area contributed by atoms with Gasteiger partial charge in [-0.3, -0.25) is 0 Å². The molecule has 0 spiro atoms. The Morgan fingerprint density at radius 3 is 2.40 bits per heavy atom. The van der Waals surface area contributed by atoms with Gasteiger partial charge in [0.15, 0.2) is 0 Å². The van der Waals surface area contributed by atoms with Gasteiger partial charge in [-0.2, -0.15) is 0 Å². The number of hydrogen-bond donors (Lipinski definition) is 1. The maximum absolute atomic E-state index is 5.74. The Hall–Kier alpha value is -1.02. The molecule has 0 saturated carbocycles.